The fraction of sp³-hybridized carbons (Fsp3) is 0.533. The molecule has 1 amide bonds. The quantitative estimate of drug-likeness (QED) is 0.857. The molecule has 0 bridgehead atoms. The van der Waals surface area contributed by atoms with Crippen molar-refractivity contribution >= 4 is 23.4 Å². The first-order valence-corrected chi connectivity index (χ1v) is 7.98. The molecule has 1 atom stereocenters. The lowest BCUT2D eigenvalue weighted by molar-refractivity contribution is -0.137. The fourth-order valence-electron chi connectivity index (χ4n) is 2.99. The topological polar surface area (TPSA) is 40.5 Å². The van der Waals surface area contributed by atoms with E-state index in [-0.39, 0.29) is 5.91 Å². The van der Waals surface area contributed by atoms with Crippen molar-refractivity contribution in [1.82, 2.24) is 0 Å². The van der Waals surface area contributed by atoms with Gasteiger partial charge in [0.15, 0.2) is 0 Å². The van der Waals surface area contributed by atoms with Crippen LogP contribution in [0.3, 0.4) is 0 Å². The van der Waals surface area contributed by atoms with Crippen molar-refractivity contribution < 1.29 is 9.90 Å². The SMILES string of the molecule is CC1CN(C(=O)C2(O)CCSCC2)c2ccccc21. The van der Waals surface area contributed by atoms with Crippen molar-refractivity contribution in [2.75, 3.05) is 23.0 Å². The van der Waals surface area contributed by atoms with Gasteiger partial charge in [0.2, 0.25) is 0 Å². The Hall–Kier alpha value is -1.00. The lowest BCUT2D eigenvalue weighted by atomic mass is 9.95. The van der Waals surface area contributed by atoms with Crippen LogP contribution in [0.1, 0.15) is 31.2 Å². The molecule has 1 saturated heterocycles. The van der Waals surface area contributed by atoms with E-state index in [9.17, 15) is 9.90 Å². The Bertz CT molecular complexity index is 497. The molecule has 0 aliphatic carbocycles. The smallest absolute Gasteiger partial charge is 0.259 e. The van der Waals surface area contributed by atoms with Gasteiger partial charge in [-0.05, 0) is 36.0 Å². The van der Waals surface area contributed by atoms with E-state index in [1.165, 1.54) is 5.56 Å². The van der Waals surface area contributed by atoms with Crippen LogP contribution in [0.2, 0.25) is 0 Å². The Balaban J connectivity index is 1.89. The summed E-state index contributed by atoms with van der Waals surface area (Å²) in [6, 6.07) is 8.03. The molecule has 2 aliphatic heterocycles. The summed E-state index contributed by atoms with van der Waals surface area (Å²) in [5, 5.41) is 10.6. The third kappa shape index (κ3) is 2.17. The number of amides is 1. The first-order chi connectivity index (χ1) is 9.12. The highest BCUT2D eigenvalue weighted by Gasteiger charge is 2.43. The third-order valence-corrected chi connectivity index (χ3v) is 5.16. The van der Waals surface area contributed by atoms with Gasteiger partial charge in [0, 0.05) is 18.2 Å². The van der Waals surface area contributed by atoms with Gasteiger partial charge in [0.1, 0.15) is 5.60 Å². The van der Waals surface area contributed by atoms with Crippen LogP contribution >= 0.6 is 11.8 Å². The van der Waals surface area contributed by atoms with E-state index >= 15 is 0 Å². The van der Waals surface area contributed by atoms with Gasteiger partial charge in [-0.25, -0.2) is 0 Å². The van der Waals surface area contributed by atoms with Crippen LogP contribution < -0.4 is 4.90 Å². The van der Waals surface area contributed by atoms with Crippen LogP contribution in [0.15, 0.2) is 24.3 Å². The van der Waals surface area contributed by atoms with Gasteiger partial charge < -0.3 is 10.0 Å². The number of para-hydroxylation sites is 1. The van der Waals surface area contributed by atoms with Crippen LogP contribution in [0, 0.1) is 0 Å². The maximum Gasteiger partial charge on any atom is 0.259 e. The first kappa shape index (κ1) is 13.0. The number of hydrogen-bond donors (Lipinski definition) is 1. The molecule has 1 fully saturated rings. The van der Waals surface area contributed by atoms with Crippen LogP contribution in [0.5, 0.6) is 0 Å². The summed E-state index contributed by atoms with van der Waals surface area (Å²) in [6.45, 7) is 2.82. The minimum absolute atomic E-state index is 0.107. The van der Waals surface area contributed by atoms with Crippen molar-refractivity contribution in [2.45, 2.75) is 31.3 Å². The number of rotatable bonds is 1. The normalized spacial score (nSPS) is 25.2. The second kappa shape index (κ2) is 4.84. The van der Waals surface area contributed by atoms with Crippen LogP contribution in [0.4, 0.5) is 5.69 Å². The van der Waals surface area contributed by atoms with E-state index < -0.39 is 5.60 Å². The number of carbonyl (C=O) groups is 1. The number of carbonyl (C=O) groups excluding carboxylic acids is 1. The van der Waals surface area contributed by atoms with Gasteiger partial charge in [-0.2, -0.15) is 11.8 Å². The summed E-state index contributed by atoms with van der Waals surface area (Å²) in [5.41, 5.74) is 1.04. The number of fused-ring (bicyclic) bond motifs is 1. The van der Waals surface area contributed by atoms with Gasteiger partial charge in [-0.15, -0.1) is 0 Å². The van der Waals surface area contributed by atoms with Crippen molar-refractivity contribution in [3.8, 4) is 0 Å². The standard InChI is InChI=1S/C15H19NO2S/c1-11-10-16(13-5-3-2-4-12(11)13)14(17)15(18)6-8-19-9-7-15/h2-5,11,18H,6-10H2,1H3. The van der Waals surface area contributed by atoms with Crippen molar-refractivity contribution in [1.29, 1.82) is 0 Å². The third-order valence-electron chi connectivity index (χ3n) is 4.18. The fourth-order valence-corrected chi connectivity index (χ4v) is 4.16. The number of benzene rings is 1. The predicted octanol–water partition coefficient (Wildman–Crippen LogP) is 2.39. The lowest BCUT2D eigenvalue weighted by Crippen LogP contribution is -2.50. The second-order valence-electron chi connectivity index (χ2n) is 5.52. The Morgan fingerprint density at radius 3 is 2.79 bits per heavy atom. The molecule has 102 valence electrons. The Kier molecular flexibility index (Phi) is 3.31. The highest BCUT2D eigenvalue weighted by Crippen LogP contribution is 2.39. The molecule has 4 heteroatoms. The van der Waals surface area contributed by atoms with Gasteiger partial charge in [-0.1, -0.05) is 25.1 Å². The number of anilines is 1. The van der Waals surface area contributed by atoms with E-state index in [0.717, 1.165) is 17.2 Å². The minimum atomic E-state index is -1.15. The molecule has 0 spiro atoms. The van der Waals surface area contributed by atoms with Crippen LogP contribution in [-0.4, -0.2) is 34.7 Å². The Morgan fingerprint density at radius 1 is 1.37 bits per heavy atom. The molecule has 3 nitrogen and oxygen atoms in total. The number of nitrogens with zero attached hydrogens (tertiary/aromatic N) is 1. The predicted molar refractivity (Wildman–Crippen MR) is 78.7 cm³/mol. The summed E-state index contributed by atoms with van der Waals surface area (Å²) in [6.07, 6.45) is 1.15. The molecule has 1 aromatic carbocycles. The molecule has 1 unspecified atom stereocenters. The maximum absolute atomic E-state index is 12.7. The lowest BCUT2D eigenvalue weighted by Gasteiger charge is -2.34. The van der Waals surface area contributed by atoms with Crippen LogP contribution in [-0.2, 0) is 4.79 Å². The van der Waals surface area contributed by atoms with Crippen LogP contribution in [0.25, 0.3) is 0 Å². The summed E-state index contributed by atoms with van der Waals surface area (Å²) < 4.78 is 0. The molecule has 2 heterocycles. The average Bonchev–Trinajstić information content (AvgIpc) is 2.77. The Morgan fingerprint density at radius 2 is 2.05 bits per heavy atom. The van der Waals surface area contributed by atoms with Crippen molar-refractivity contribution in [3.05, 3.63) is 29.8 Å². The molecule has 0 saturated carbocycles. The maximum atomic E-state index is 12.7. The van der Waals surface area contributed by atoms with E-state index in [1.54, 1.807) is 4.90 Å². The molecular formula is C15H19NO2S. The van der Waals surface area contributed by atoms with Gasteiger partial charge >= 0.3 is 0 Å². The summed E-state index contributed by atoms with van der Waals surface area (Å²) >= 11 is 1.81. The zero-order valence-electron chi connectivity index (χ0n) is 11.1. The van der Waals surface area contributed by atoms with Crippen molar-refractivity contribution in [3.63, 3.8) is 0 Å². The average molecular weight is 277 g/mol. The molecule has 0 aromatic heterocycles. The molecule has 19 heavy (non-hydrogen) atoms. The zero-order valence-corrected chi connectivity index (χ0v) is 11.9. The monoisotopic (exact) mass is 277 g/mol. The number of thioether (sulfide) groups is 1. The largest absolute Gasteiger partial charge is 0.380 e. The van der Waals surface area contributed by atoms with E-state index in [2.05, 4.69) is 13.0 Å². The van der Waals surface area contributed by atoms with E-state index in [1.807, 2.05) is 30.0 Å². The highest BCUT2D eigenvalue weighted by atomic mass is 32.2. The number of hydrogen-bond acceptors (Lipinski definition) is 3. The molecule has 1 aromatic rings. The summed E-state index contributed by atoms with van der Waals surface area (Å²) in [4.78, 5) is 14.5. The summed E-state index contributed by atoms with van der Waals surface area (Å²) in [7, 11) is 0. The Labute approximate surface area is 118 Å². The van der Waals surface area contributed by atoms with Crippen molar-refractivity contribution in [2.24, 2.45) is 0 Å². The molecular weight excluding hydrogens is 258 g/mol. The molecule has 3 rings (SSSR count). The molecule has 1 N–H and O–H groups in total. The molecule has 0 radical (unpaired) electrons. The summed E-state index contributed by atoms with van der Waals surface area (Å²) in [5.74, 6) is 1.98. The highest BCUT2D eigenvalue weighted by molar-refractivity contribution is 7.99. The van der Waals surface area contributed by atoms with E-state index in [0.29, 0.717) is 25.3 Å². The first-order valence-electron chi connectivity index (χ1n) is 6.83. The second-order valence-corrected chi connectivity index (χ2v) is 6.74. The zero-order chi connectivity index (χ0) is 13.5. The minimum Gasteiger partial charge on any atom is -0.380 e. The van der Waals surface area contributed by atoms with Gasteiger partial charge in [0.25, 0.3) is 5.91 Å². The number of aliphatic hydroxyl groups is 1. The molecule has 2 aliphatic rings. The van der Waals surface area contributed by atoms with E-state index in [4.69, 9.17) is 0 Å². The van der Waals surface area contributed by atoms with Gasteiger partial charge in [0.05, 0.1) is 0 Å². The van der Waals surface area contributed by atoms with Gasteiger partial charge in [-0.3, -0.25) is 4.79 Å².